The van der Waals surface area contributed by atoms with Gasteiger partial charge >= 0.3 is 0 Å². The molecular weight excluding hydrogens is 337 g/mol. The lowest BCUT2D eigenvalue weighted by Gasteiger charge is -2.15. The molecular formula is C12H26S6. The molecule has 110 valence electrons. The first-order valence-corrected chi connectivity index (χ1v) is 12.1. The summed E-state index contributed by atoms with van der Waals surface area (Å²) in [7, 11) is 0. The molecule has 0 aromatic heterocycles. The van der Waals surface area contributed by atoms with Gasteiger partial charge in [-0.3, -0.25) is 0 Å². The van der Waals surface area contributed by atoms with Gasteiger partial charge in [0.25, 0.3) is 0 Å². The van der Waals surface area contributed by atoms with Gasteiger partial charge in [-0.1, -0.05) is 13.3 Å². The van der Waals surface area contributed by atoms with Crippen molar-refractivity contribution in [1.29, 1.82) is 0 Å². The van der Waals surface area contributed by atoms with Gasteiger partial charge in [-0.25, -0.2) is 0 Å². The van der Waals surface area contributed by atoms with Crippen molar-refractivity contribution in [2.24, 2.45) is 0 Å². The first kappa shape index (κ1) is 20.1. The predicted octanol–water partition coefficient (Wildman–Crippen LogP) is 4.91. The molecule has 0 aromatic carbocycles. The van der Waals surface area contributed by atoms with E-state index in [2.05, 4.69) is 55.7 Å². The van der Waals surface area contributed by atoms with E-state index in [9.17, 15) is 0 Å². The number of thioether (sulfide) groups is 4. The Morgan fingerprint density at radius 3 is 1.67 bits per heavy atom. The van der Waals surface area contributed by atoms with Gasteiger partial charge in [-0.05, 0) is 17.9 Å². The van der Waals surface area contributed by atoms with E-state index in [1.54, 1.807) is 0 Å². The molecule has 0 saturated heterocycles. The Hall–Kier alpha value is 2.10. The van der Waals surface area contributed by atoms with Crippen LogP contribution in [0.2, 0.25) is 0 Å². The van der Waals surface area contributed by atoms with Gasteiger partial charge < -0.3 is 0 Å². The van der Waals surface area contributed by atoms with Crippen LogP contribution in [0.5, 0.6) is 0 Å². The third-order valence-corrected chi connectivity index (χ3v) is 8.51. The van der Waals surface area contributed by atoms with Crippen LogP contribution >= 0.6 is 72.3 Å². The normalized spacial score (nSPS) is 11.3. The second-order valence-electron chi connectivity index (χ2n) is 3.63. The van der Waals surface area contributed by atoms with Gasteiger partial charge in [0, 0.05) is 34.5 Å². The topological polar surface area (TPSA) is 0 Å². The molecule has 0 heterocycles. The van der Waals surface area contributed by atoms with E-state index >= 15 is 0 Å². The molecule has 0 atom stereocenters. The number of thiol groups is 2. The molecule has 0 saturated carbocycles. The van der Waals surface area contributed by atoms with Crippen molar-refractivity contribution in [3.8, 4) is 0 Å². The minimum absolute atomic E-state index is 0.809. The summed E-state index contributed by atoms with van der Waals surface area (Å²) in [6, 6.07) is 0. The Morgan fingerprint density at radius 1 is 0.778 bits per heavy atom. The summed E-state index contributed by atoms with van der Waals surface area (Å²) in [6.07, 6.45) is 2.65. The van der Waals surface area contributed by atoms with E-state index in [0.717, 1.165) is 16.1 Å². The summed E-state index contributed by atoms with van der Waals surface area (Å²) < 4.78 is 0.809. The maximum Gasteiger partial charge on any atom is 0.0503 e. The summed E-state index contributed by atoms with van der Waals surface area (Å²) in [5.74, 6) is 9.53. The second-order valence-corrected chi connectivity index (χ2v) is 9.90. The smallest absolute Gasteiger partial charge is 0.0503 e. The Bertz CT molecular complexity index is 142. The number of hydrogen-bond acceptors (Lipinski definition) is 6. The first-order valence-electron chi connectivity index (χ1n) is 6.45. The molecule has 0 N–H and O–H groups in total. The maximum absolute atomic E-state index is 4.23. The Morgan fingerprint density at radius 2 is 1.28 bits per heavy atom. The number of rotatable bonds is 14. The van der Waals surface area contributed by atoms with Crippen LogP contribution in [-0.2, 0) is 0 Å². The molecule has 0 aliphatic heterocycles. The third kappa shape index (κ3) is 14.5. The quantitative estimate of drug-likeness (QED) is 0.256. The molecule has 0 unspecified atom stereocenters. The van der Waals surface area contributed by atoms with E-state index in [-0.39, 0.29) is 0 Å². The van der Waals surface area contributed by atoms with Gasteiger partial charge in [0.05, 0.1) is 4.58 Å². The van der Waals surface area contributed by atoms with Crippen molar-refractivity contribution in [1.82, 2.24) is 0 Å². The summed E-state index contributed by atoms with van der Waals surface area (Å²) >= 11 is 16.8. The molecule has 0 aliphatic rings. The van der Waals surface area contributed by atoms with Gasteiger partial charge in [0.1, 0.15) is 0 Å². The van der Waals surface area contributed by atoms with Gasteiger partial charge in [0.15, 0.2) is 0 Å². The summed E-state index contributed by atoms with van der Waals surface area (Å²) in [5.41, 5.74) is 0. The molecule has 0 amide bonds. The average molecular weight is 363 g/mol. The van der Waals surface area contributed by atoms with Crippen molar-refractivity contribution >= 4 is 72.3 Å². The Kier molecular flexibility index (Phi) is 19.2. The minimum atomic E-state index is 0.809. The van der Waals surface area contributed by atoms with E-state index < -0.39 is 0 Å². The van der Waals surface area contributed by atoms with Crippen LogP contribution in [0, 0.1) is 0 Å². The SMILES string of the molecule is CCCC(SCCSCCS)SCCSCCS. The summed E-state index contributed by atoms with van der Waals surface area (Å²) in [4.78, 5) is 0. The molecule has 0 aromatic rings. The van der Waals surface area contributed by atoms with Crippen LogP contribution < -0.4 is 0 Å². The summed E-state index contributed by atoms with van der Waals surface area (Å²) in [5, 5.41) is 0. The molecule has 0 fully saturated rings. The lowest BCUT2D eigenvalue weighted by atomic mass is 10.4. The lowest BCUT2D eigenvalue weighted by molar-refractivity contribution is 0.870. The largest absolute Gasteiger partial charge is 0.179 e. The molecule has 18 heavy (non-hydrogen) atoms. The van der Waals surface area contributed by atoms with Crippen LogP contribution in [0.3, 0.4) is 0 Å². The Balaban J connectivity index is 3.45. The van der Waals surface area contributed by atoms with Crippen molar-refractivity contribution < 1.29 is 0 Å². The third-order valence-electron chi connectivity index (χ3n) is 2.06. The lowest BCUT2D eigenvalue weighted by Crippen LogP contribution is -2.02. The second kappa shape index (κ2) is 17.2. The van der Waals surface area contributed by atoms with E-state index in [0.29, 0.717) is 0 Å². The fraction of sp³-hybridized carbons (Fsp3) is 1.00. The van der Waals surface area contributed by atoms with Gasteiger partial charge in [-0.15, -0.1) is 23.5 Å². The molecule has 6 heteroatoms. The molecule has 0 bridgehead atoms. The zero-order chi connectivity index (χ0) is 13.5. The average Bonchev–Trinajstić information content (AvgIpc) is 2.38. The zero-order valence-corrected chi connectivity index (χ0v) is 16.2. The van der Waals surface area contributed by atoms with Crippen molar-refractivity contribution in [2.75, 3.05) is 46.0 Å². The zero-order valence-electron chi connectivity index (χ0n) is 11.2. The minimum Gasteiger partial charge on any atom is -0.179 e. The van der Waals surface area contributed by atoms with Crippen LogP contribution in [-0.4, -0.2) is 50.6 Å². The van der Waals surface area contributed by atoms with Crippen molar-refractivity contribution in [2.45, 2.75) is 24.3 Å². The highest BCUT2D eigenvalue weighted by Gasteiger charge is 2.08. The standard InChI is InChI=1S/C12H26S6/c1-2-3-12(17-10-8-15-6-4-13)18-11-9-16-7-5-14/h12-14H,2-11H2,1H3. The molecule has 0 nitrogen and oxygen atoms in total. The molecule has 0 spiro atoms. The molecule has 0 radical (unpaired) electrons. The molecule has 0 aliphatic carbocycles. The fourth-order valence-electron chi connectivity index (χ4n) is 1.26. The van der Waals surface area contributed by atoms with Crippen LogP contribution in [0.4, 0.5) is 0 Å². The van der Waals surface area contributed by atoms with Crippen LogP contribution in [0.15, 0.2) is 0 Å². The van der Waals surface area contributed by atoms with E-state index in [1.807, 2.05) is 23.5 Å². The monoisotopic (exact) mass is 362 g/mol. The van der Waals surface area contributed by atoms with Gasteiger partial charge in [0.2, 0.25) is 0 Å². The summed E-state index contributed by atoms with van der Waals surface area (Å²) in [6.45, 7) is 2.29. The Labute approximate surface area is 142 Å². The van der Waals surface area contributed by atoms with Crippen LogP contribution in [0.25, 0.3) is 0 Å². The fourth-order valence-corrected chi connectivity index (χ4v) is 6.71. The maximum atomic E-state index is 4.23. The molecule has 0 rings (SSSR count). The highest BCUT2D eigenvalue weighted by molar-refractivity contribution is 8.17. The van der Waals surface area contributed by atoms with Crippen molar-refractivity contribution in [3.05, 3.63) is 0 Å². The number of hydrogen-bond donors (Lipinski definition) is 2. The van der Waals surface area contributed by atoms with Crippen molar-refractivity contribution in [3.63, 3.8) is 0 Å². The van der Waals surface area contributed by atoms with E-state index in [1.165, 1.54) is 47.4 Å². The highest BCUT2D eigenvalue weighted by atomic mass is 32.2. The van der Waals surface area contributed by atoms with Crippen LogP contribution in [0.1, 0.15) is 19.8 Å². The van der Waals surface area contributed by atoms with Gasteiger partial charge in [-0.2, -0.15) is 48.8 Å². The first-order chi connectivity index (χ1) is 8.85. The predicted molar refractivity (Wildman–Crippen MR) is 106 cm³/mol. The highest BCUT2D eigenvalue weighted by Crippen LogP contribution is 2.29. The van der Waals surface area contributed by atoms with E-state index in [4.69, 9.17) is 0 Å².